The molecule has 206 valence electrons. The maximum Gasteiger partial charge on any atom is 0.263 e. The highest BCUT2D eigenvalue weighted by Gasteiger charge is 2.35. The number of ether oxygens (including phenoxy) is 1. The van der Waals surface area contributed by atoms with Gasteiger partial charge >= 0.3 is 0 Å². The van der Waals surface area contributed by atoms with E-state index in [9.17, 15) is 14.7 Å². The first-order chi connectivity index (χ1) is 18.8. The molecule has 4 heterocycles. The number of anilines is 3. The van der Waals surface area contributed by atoms with E-state index in [4.69, 9.17) is 4.74 Å². The van der Waals surface area contributed by atoms with Gasteiger partial charge < -0.3 is 25.8 Å². The lowest BCUT2D eigenvalue weighted by Gasteiger charge is -2.36. The van der Waals surface area contributed by atoms with Gasteiger partial charge in [-0.3, -0.25) is 14.5 Å². The number of rotatable bonds is 8. The SMILES string of the molecule is C=CC(=O)N[C@H]1CCCC[C@H]1NC(=O)c1sc2nccc3c2c1NC(O)N3c1cnc(OCC(C)C)cc1C. The highest BCUT2D eigenvalue weighted by molar-refractivity contribution is 7.21. The Morgan fingerprint density at radius 1 is 1.26 bits per heavy atom. The minimum Gasteiger partial charge on any atom is -0.477 e. The average Bonchev–Trinajstić information content (AvgIpc) is 3.29. The van der Waals surface area contributed by atoms with Gasteiger partial charge in [0.15, 0.2) is 0 Å². The van der Waals surface area contributed by atoms with Crippen molar-refractivity contribution in [3.05, 3.63) is 47.6 Å². The molecular weight excluding hydrogens is 516 g/mol. The van der Waals surface area contributed by atoms with Crippen LogP contribution >= 0.6 is 11.3 Å². The Bertz CT molecular complexity index is 1410. The molecule has 3 atom stereocenters. The molecule has 3 aromatic heterocycles. The largest absolute Gasteiger partial charge is 0.477 e. The summed E-state index contributed by atoms with van der Waals surface area (Å²) in [4.78, 5) is 37.3. The standard InChI is InChI=1S/C28H34N6O4S/c1-5-21(35)31-17-8-6-7-9-18(17)32-26(36)25-24-23-19(10-11-29-27(23)39-25)34(28(37)33-24)20-13-30-22(12-16(20)4)38-14-15(2)3/h5,10-13,15,17-18,28,33,37H,1,6-9,14H2,2-4H3,(H,31,35)(H,32,36)/t17-,18+,28?/m0/s1. The normalized spacial score (nSPS) is 20.4. The van der Waals surface area contributed by atoms with Crippen molar-refractivity contribution in [1.29, 1.82) is 0 Å². The number of aryl methyl sites for hydroxylation is 1. The first kappa shape index (κ1) is 26.9. The van der Waals surface area contributed by atoms with Crippen LogP contribution in [0.1, 0.15) is 54.8 Å². The Morgan fingerprint density at radius 3 is 2.69 bits per heavy atom. The minimum atomic E-state index is -1.14. The molecule has 1 aliphatic carbocycles. The lowest BCUT2D eigenvalue weighted by Crippen LogP contribution is -2.53. The van der Waals surface area contributed by atoms with Gasteiger partial charge in [0.2, 0.25) is 18.1 Å². The molecule has 4 N–H and O–H groups in total. The summed E-state index contributed by atoms with van der Waals surface area (Å²) < 4.78 is 5.77. The molecule has 1 fully saturated rings. The van der Waals surface area contributed by atoms with Gasteiger partial charge in [-0.05, 0) is 43.4 Å². The van der Waals surface area contributed by atoms with E-state index in [0.29, 0.717) is 39.5 Å². The number of carbonyl (C=O) groups excluding carboxylic acids is 2. The smallest absolute Gasteiger partial charge is 0.263 e. The second-order valence-corrected chi connectivity index (χ2v) is 11.4. The van der Waals surface area contributed by atoms with Crippen LogP contribution < -0.4 is 25.6 Å². The fraction of sp³-hybridized carbons (Fsp3) is 0.429. The molecule has 1 aliphatic heterocycles. The molecule has 10 nitrogen and oxygen atoms in total. The number of hydrogen-bond donors (Lipinski definition) is 4. The number of thiophene rings is 1. The lowest BCUT2D eigenvalue weighted by molar-refractivity contribution is -0.117. The van der Waals surface area contributed by atoms with Crippen molar-refractivity contribution >= 4 is 50.4 Å². The molecule has 2 amide bonds. The van der Waals surface area contributed by atoms with Crippen molar-refractivity contribution in [1.82, 2.24) is 20.6 Å². The van der Waals surface area contributed by atoms with Crippen LogP contribution in [-0.2, 0) is 4.79 Å². The molecule has 3 aromatic rings. The Kier molecular flexibility index (Phi) is 7.72. The summed E-state index contributed by atoms with van der Waals surface area (Å²) in [7, 11) is 0. The van der Waals surface area contributed by atoms with Crippen LogP contribution in [0, 0.1) is 12.8 Å². The maximum atomic E-state index is 13.5. The number of nitrogens with one attached hydrogen (secondary N) is 3. The molecule has 0 bridgehead atoms. The molecule has 0 radical (unpaired) electrons. The van der Waals surface area contributed by atoms with Gasteiger partial charge in [-0.15, -0.1) is 11.3 Å². The number of nitrogens with zero attached hydrogens (tertiary/aromatic N) is 3. The predicted molar refractivity (Wildman–Crippen MR) is 153 cm³/mol. The van der Waals surface area contributed by atoms with Crippen LogP contribution in [0.5, 0.6) is 5.88 Å². The van der Waals surface area contributed by atoms with Crippen LogP contribution in [0.3, 0.4) is 0 Å². The first-order valence-corrected chi connectivity index (χ1v) is 14.1. The van der Waals surface area contributed by atoms with E-state index >= 15 is 0 Å². The Labute approximate surface area is 231 Å². The highest BCUT2D eigenvalue weighted by atomic mass is 32.1. The summed E-state index contributed by atoms with van der Waals surface area (Å²) in [6.07, 6.45) is 6.98. The minimum absolute atomic E-state index is 0.162. The van der Waals surface area contributed by atoms with E-state index in [1.54, 1.807) is 17.3 Å². The van der Waals surface area contributed by atoms with E-state index in [2.05, 4.69) is 46.3 Å². The third-order valence-corrected chi connectivity index (χ3v) is 8.13. The molecule has 0 aromatic carbocycles. The van der Waals surface area contributed by atoms with Crippen molar-refractivity contribution in [2.45, 2.75) is 64.9 Å². The van der Waals surface area contributed by atoms with Gasteiger partial charge in [-0.2, -0.15) is 0 Å². The average molecular weight is 551 g/mol. The van der Waals surface area contributed by atoms with Crippen molar-refractivity contribution < 1.29 is 19.4 Å². The summed E-state index contributed by atoms with van der Waals surface area (Å²) in [5.74, 6) is 0.399. The number of hydrogen-bond acceptors (Lipinski definition) is 9. The van der Waals surface area contributed by atoms with Gasteiger partial charge in [-0.25, -0.2) is 9.97 Å². The Hall–Kier alpha value is -3.70. The molecule has 11 heteroatoms. The summed E-state index contributed by atoms with van der Waals surface area (Å²) in [6.45, 7) is 10.2. The number of carbonyl (C=O) groups is 2. The van der Waals surface area contributed by atoms with E-state index in [-0.39, 0.29) is 23.9 Å². The molecule has 1 saturated carbocycles. The van der Waals surface area contributed by atoms with Crippen LogP contribution in [-0.4, -0.2) is 51.9 Å². The number of aromatic nitrogens is 2. The van der Waals surface area contributed by atoms with Gasteiger partial charge in [0, 0.05) is 24.3 Å². The number of amides is 2. The van der Waals surface area contributed by atoms with Crippen molar-refractivity contribution in [2.75, 3.05) is 16.8 Å². The maximum absolute atomic E-state index is 13.5. The molecule has 1 unspecified atom stereocenters. The molecule has 0 spiro atoms. The quantitative estimate of drug-likeness (QED) is 0.307. The fourth-order valence-corrected chi connectivity index (χ4v) is 6.18. The second kappa shape index (κ2) is 11.2. The number of aliphatic hydroxyl groups is 1. The van der Waals surface area contributed by atoms with Gasteiger partial charge in [0.25, 0.3) is 5.91 Å². The molecule has 2 aliphatic rings. The zero-order valence-corrected chi connectivity index (χ0v) is 23.2. The van der Waals surface area contributed by atoms with Crippen molar-refractivity contribution in [3.8, 4) is 5.88 Å². The number of pyridine rings is 2. The van der Waals surface area contributed by atoms with E-state index in [0.717, 1.165) is 42.3 Å². The van der Waals surface area contributed by atoms with E-state index in [1.165, 1.54) is 17.4 Å². The summed E-state index contributed by atoms with van der Waals surface area (Å²) in [6, 6.07) is 3.32. The molecule has 0 saturated heterocycles. The van der Waals surface area contributed by atoms with Crippen LogP contribution in [0.4, 0.5) is 17.1 Å². The Morgan fingerprint density at radius 2 is 2.00 bits per heavy atom. The monoisotopic (exact) mass is 550 g/mol. The molecular formula is C28H34N6O4S. The second-order valence-electron chi connectivity index (χ2n) is 10.4. The fourth-order valence-electron chi connectivity index (χ4n) is 5.15. The highest BCUT2D eigenvalue weighted by Crippen LogP contribution is 2.47. The zero-order chi connectivity index (χ0) is 27.7. The van der Waals surface area contributed by atoms with Gasteiger partial charge in [0.05, 0.1) is 35.3 Å². The van der Waals surface area contributed by atoms with E-state index < -0.39 is 6.35 Å². The molecule has 5 rings (SSSR count). The van der Waals surface area contributed by atoms with Crippen LogP contribution in [0.2, 0.25) is 0 Å². The topological polar surface area (TPSA) is 129 Å². The summed E-state index contributed by atoms with van der Waals surface area (Å²) >= 11 is 1.27. The van der Waals surface area contributed by atoms with Crippen LogP contribution in [0.15, 0.2) is 37.2 Å². The number of aliphatic hydroxyl groups excluding tert-OH is 1. The molecule has 39 heavy (non-hydrogen) atoms. The van der Waals surface area contributed by atoms with Gasteiger partial charge in [0.1, 0.15) is 9.71 Å². The van der Waals surface area contributed by atoms with Gasteiger partial charge in [-0.1, -0.05) is 33.3 Å². The van der Waals surface area contributed by atoms with Crippen LogP contribution in [0.25, 0.3) is 10.2 Å². The predicted octanol–water partition coefficient (Wildman–Crippen LogP) is 4.22. The third-order valence-electron chi connectivity index (χ3n) is 7.03. The zero-order valence-electron chi connectivity index (χ0n) is 22.4. The summed E-state index contributed by atoms with van der Waals surface area (Å²) in [5, 5.41) is 21.2. The first-order valence-electron chi connectivity index (χ1n) is 13.3. The third kappa shape index (κ3) is 5.41. The van der Waals surface area contributed by atoms with Crippen molar-refractivity contribution in [3.63, 3.8) is 0 Å². The summed E-state index contributed by atoms with van der Waals surface area (Å²) in [5.41, 5.74) is 2.87. The van der Waals surface area contributed by atoms with E-state index in [1.807, 2.05) is 19.1 Å². The Balaban J connectivity index is 1.45. The van der Waals surface area contributed by atoms with Crippen molar-refractivity contribution in [2.24, 2.45) is 5.92 Å². The lowest BCUT2D eigenvalue weighted by atomic mass is 9.90.